The van der Waals surface area contributed by atoms with Crippen LogP contribution >= 0.6 is 0 Å². The van der Waals surface area contributed by atoms with Gasteiger partial charge in [0, 0.05) is 23.2 Å². The lowest BCUT2D eigenvalue weighted by Gasteiger charge is -2.14. The fourth-order valence-corrected chi connectivity index (χ4v) is 3.16. The van der Waals surface area contributed by atoms with Crippen LogP contribution < -0.4 is 10.5 Å². The van der Waals surface area contributed by atoms with Crippen molar-refractivity contribution in [2.45, 2.75) is 19.6 Å². The summed E-state index contributed by atoms with van der Waals surface area (Å²) in [7, 11) is 0. The van der Waals surface area contributed by atoms with Crippen molar-refractivity contribution in [1.82, 2.24) is 0 Å². The Morgan fingerprint density at radius 3 is 2.55 bits per heavy atom. The smallest absolute Gasteiger partial charge is 0.307 e. The van der Waals surface area contributed by atoms with Crippen LogP contribution in [0, 0.1) is 5.82 Å². The third kappa shape index (κ3) is 4.70. The number of hydrogen-bond acceptors (Lipinski definition) is 3. The molecule has 29 heavy (non-hydrogen) atoms. The van der Waals surface area contributed by atoms with Gasteiger partial charge in [-0.15, -0.1) is 0 Å². The maximum Gasteiger partial charge on any atom is 0.307 e. The lowest BCUT2D eigenvalue weighted by atomic mass is 9.95. The molecular weight excluding hydrogens is 369 g/mol. The first-order chi connectivity index (χ1) is 14.0. The fraction of sp³-hybridized carbons (Fsp3) is 0.125. The minimum absolute atomic E-state index is 0.117. The van der Waals surface area contributed by atoms with Gasteiger partial charge in [-0.1, -0.05) is 61.2 Å². The van der Waals surface area contributed by atoms with Crippen molar-refractivity contribution < 1.29 is 19.0 Å². The summed E-state index contributed by atoms with van der Waals surface area (Å²) in [6.07, 6.45) is 1.56. The molecule has 0 atom stereocenters. The van der Waals surface area contributed by atoms with Crippen LogP contribution in [0.25, 0.3) is 17.2 Å². The molecule has 3 N–H and O–H groups in total. The SMILES string of the molecule is C=Cc1ccc(COc2ccccc2CC(=O)O)cc1-c1cccc(CN)c1F. The summed E-state index contributed by atoms with van der Waals surface area (Å²) in [5, 5.41) is 9.06. The van der Waals surface area contributed by atoms with Crippen molar-refractivity contribution in [1.29, 1.82) is 0 Å². The molecule has 0 unspecified atom stereocenters. The summed E-state index contributed by atoms with van der Waals surface area (Å²) in [6.45, 7) is 4.16. The Morgan fingerprint density at radius 2 is 1.83 bits per heavy atom. The van der Waals surface area contributed by atoms with Crippen molar-refractivity contribution >= 4 is 12.0 Å². The second-order valence-electron chi connectivity index (χ2n) is 6.58. The van der Waals surface area contributed by atoms with Crippen LogP contribution in [0.1, 0.15) is 22.3 Å². The Bertz CT molecular complexity index is 1050. The Labute approximate surface area is 169 Å². The molecule has 0 aliphatic rings. The van der Waals surface area contributed by atoms with Gasteiger partial charge in [0.25, 0.3) is 0 Å². The van der Waals surface area contributed by atoms with Crippen molar-refractivity contribution in [3.05, 3.63) is 95.3 Å². The second kappa shape index (κ2) is 9.17. The van der Waals surface area contributed by atoms with Gasteiger partial charge in [0.1, 0.15) is 18.2 Å². The van der Waals surface area contributed by atoms with Gasteiger partial charge in [0.2, 0.25) is 0 Å². The number of para-hydroxylation sites is 1. The molecule has 0 aromatic heterocycles. The van der Waals surface area contributed by atoms with Crippen LogP contribution in [-0.4, -0.2) is 11.1 Å². The van der Waals surface area contributed by atoms with Gasteiger partial charge >= 0.3 is 5.97 Å². The molecule has 3 aromatic rings. The van der Waals surface area contributed by atoms with E-state index in [2.05, 4.69) is 6.58 Å². The molecule has 5 heteroatoms. The van der Waals surface area contributed by atoms with E-state index in [0.29, 0.717) is 28.0 Å². The third-order valence-corrected chi connectivity index (χ3v) is 4.64. The second-order valence-corrected chi connectivity index (χ2v) is 6.58. The zero-order valence-electron chi connectivity index (χ0n) is 15.9. The maximum atomic E-state index is 14.8. The van der Waals surface area contributed by atoms with Crippen LogP contribution in [0.4, 0.5) is 4.39 Å². The number of ether oxygens (including phenoxy) is 1. The van der Waals surface area contributed by atoms with E-state index in [1.165, 1.54) is 0 Å². The molecule has 4 nitrogen and oxygen atoms in total. The first kappa shape index (κ1) is 20.3. The third-order valence-electron chi connectivity index (χ3n) is 4.64. The highest BCUT2D eigenvalue weighted by Crippen LogP contribution is 2.30. The number of carbonyl (C=O) groups is 1. The maximum absolute atomic E-state index is 14.8. The first-order valence-electron chi connectivity index (χ1n) is 9.19. The summed E-state index contributed by atoms with van der Waals surface area (Å²) in [6, 6.07) is 17.8. The minimum atomic E-state index is -0.922. The number of hydrogen-bond donors (Lipinski definition) is 2. The molecular formula is C24H22FNO3. The molecule has 0 aliphatic carbocycles. The van der Waals surface area contributed by atoms with Crippen LogP contribution in [0.3, 0.4) is 0 Å². The van der Waals surface area contributed by atoms with Crippen molar-refractivity contribution in [2.75, 3.05) is 0 Å². The molecule has 0 fully saturated rings. The number of benzene rings is 3. The molecule has 148 valence electrons. The van der Waals surface area contributed by atoms with Crippen molar-refractivity contribution in [3.63, 3.8) is 0 Å². The number of rotatable bonds is 8. The first-order valence-corrected chi connectivity index (χ1v) is 9.19. The van der Waals surface area contributed by atoms with E-state index in [9.17, 15) is 9.18 Å². The van der Waals surface area contributed by atoms with Gasteiger partial charge < -0.3 is 15.6 Å². The van der Waals surface area contributed by atoms with E-state index < -0.39 is 5.97 Å². The summed E-state index contributed by atoms with van der Waals surface area (Å²) in [4.78, 5) is 11.0. The Morgan fingerprint density at radius 1 is 1.07 bits per heavy atom. The predicted molar refractivity (Wildman–Crippen MR) is 112 cm³/mol. The van der Waals surface area contributed by atoms with Crippen LogP contribution in [-0.2, 0) is 24.4 Å². The lowest BCUT2D eigenvalue weighted by molar-refractivity contribution is -0.136. The van der Waals surface area contributed by atoms with Crippen LogP contribution in [0.2, 0.25) is 0 Å². The Hall–Kier alpha value is -3.44. The van der Waals surface area contributed by atoms with Gasteiger partial charge in [0.05, 0.1) is 6.42 Å². The number of carboxylic acid groups (broad SMARTS) is 1. The summed E-state index contributed by atoms with van der Waals surface area (Å²) < 4.78 is 20.7. The zero-order valence-corrected chi connectivity index (χ0v) is 15.9. The molecule has 3 aromatic carbocycles. The highest BCUT2D eigenvalue weighted by atomic mass is 19.1. The van der Waals surface area contributed by atoms with Gasteiger partial charge in [-0.2, -0.15) is 0 Å². The van der Waals surface area contributed by atoms with E-state index >= 15 is 0 Å². The number of nitrogens with two attached hydrogens (primary N) is 1. The van der Waals surface area contributed by atoms with Crippen LogP contribution in [0.15, 0.2) is 67.2 Å². The van der Waals surface area contributed by atoms with Crippen molar-refractivity contribution in [2.24, 2.45) is 5.73 Å². The molecule has 0 amide bonds. The topological polar surface area (TPSA) is 72.5 Å². The van der Waals surface area contributed by atoms with Gasteiger partial charge in [0.15, 0.2) is 0 Å². The van der Waals surface area contributed by atoms with E-state index in [1.807, 2.05) is 18.2 Å². The molecule has 0 aliphatic heterocycles. The number of aliphatic carboxylic acids is 1. The lowest BCUT2D eigenvalue weighted by Crippen LogP contribution is -2.04. The zero-order chi connectivity index (χ0) is 20.8. The fourth-order valence-electron chi connectivity index (χ4n) is 3.16. The molecule has 0 saturated carbocycles. The minimum Gasteiger partial charge on any atom is -0.489 e. The van der Waals surface area contributed by atoms with E-state index in [4.69, 9.17) is 15.6 Å². The van der Waals surface area contributed by atoms with E-state index in [-0.39, 0.29) is 25.4 Å². The Kier molecular flexibility index (Phi) is 6.42. The quantitative estimate of drug-likeness (QED) is 0.578. The predicted octanol–water partition coefficient (Wildman–Crippen LogP) is 4.80. The van der Waals surface area contributed by atoms with Gasteiger partial charge in [-0.25, -0.2) is 4.39 Å². The van der Waals surface area contributed by atoms with E-state index in [0.717, 1.165) is 11.1 Å². The van der Waals surface area contributed by atoms with Gasteiger partial charge in [-0.05, 0) is 28.8 Å². The van der Waals surface area contributed by atoms with Crippen molar-refractivity contribution in [3.8, 4) is 16.9 Å². The molecule has 0 radical (unpaired) electrons. The molecule has 0 spiro atoms. The number of halogens is 1. The highest BCUT2D eigenvalue weighted by Gasteiger charge is 2.13. The number of carboxylic acids is 1. The standard InChI is InChI=1S/C24H22FNO3/c1-2-17-11-10-16(12-21(17)20-8-5-7-19(14-26)24(20)25)15-29-22-9-4-3-6-18(22)13-23(27)28/h2-12H,1,13-15,26H2,(H,27,28). The molecule has 3 rings (SSSR count). The average molecular weight is 391 g/mol. The van der Waals surface area contributed by atoms with Gasteiger partial charge in [-0.3, -0.25) is 4.79 Å². The molecule has 0 bridgehead atoms. The Balaban J connectivity index is 1.91. The van der Waals surface area contributed by atoms with Crippen LogP contribution in [0.5, 0.6) is 5.75 Å². The monoisotopic (exact) mass is 391 g/mol. The normalized spacial score (nSPS) is 10.6. The molecule has 0 saturated heterocycles. The molecule has 0 heterocycles. The highest BCUT2D eigenvalue weighted by molar-refractivity contribution is 5.76. The summed E-state index contributed by atoms with van der Waals surface area (Å²) in [5.74, 6) is -0.752. The summed E-state index contributed by atoms with van der Waals surface area (Å²) >= 11 is 0. The van der Waals surface area contributed by atoms with E-state index in [1.54, 1.807) is 48.5 Å². The average Bonchev–Trinajstić information content (AvgIpc) is 2.73. The largest absolute Gasteiger partial charge is 0.489 e. The summed E-state index contributed by atoms with van der Waals surface area (Å²) in [5.41, 5.74) is 9.47.